The maximum Gasteiger partial charge on any atom is 0.119 e. The van der Waals surface area contributed by atoms with Crippen molar-refractivity contribution in [1.82, 2.24) is 4.90 Å². The Bertz CT molecular complexity index is 849. The molecule has 0 aliphatic carbocycles. The number of benzene rings is 2. The molecule has 1 unspecified atom stereocenters. The van der Waals surface area contributed by atoms with Crippen LogP contribution in [0.4, 0.5) is 0 Å². The highest BCUT2D eigenvalue weighted by Crippen LogP contribution is 2.35. The normalized spacial score (nSPS) is 12.7. The van der Waals surface area contributed by atoms with Crippen LogP contribution in [-0.4, -0.2) is 30.1 Å². The minimum atomic E-state index is 0.207. The number of nitrogens with zero attached hydrogens (tertiary/aromatic N) is 1. The van der Waals surface area contributed by atoms with Crippen molar-refractivity contribution in [3.05, 3.63) is 87.1 Å². The molecule has 0 radical (unpaired) electrons. The number of hydrogen-bond acceptors (Lipinski definition) is 3. The van der Waals surface area contributed by atoms with E-state index in [1.807, 2.05) is 12.1 Å². The highest BCUT2D eigenvalue weighted by molar-refractivity contribution is 7.10. The molecule has 2 aromatic carbocycles. The zero-order chi connectivity index (χ0) is 20.8. The average molecular weight is 428 g/mol. The summed E-state index contributed by atoms with van der Waals surface area (Å²) < 4.78 is 6.03. The van der Waals surface area contributed by atoms with Gasteiger partial charge in [-0.2, -0.15) is 0 Å². The van der Waals surface area contributed by atoms with Gasteiger partial charge in [0.2, 0.25) is 0 Å². The molecule has 1 heterocycles. The summed E-state index contributed by atoms with van der Waals surface area (Å²) >= 11 is 7.88. The Kier molecular flexibility index (Phi) is 7.77. The average Bonchev–Trinajstić information content (AvgIpc) is 3.22. The highest BCUT2D eigenvalue weighted by Gasteiger charge is 2.18. The molecule has 29 heavy (non-hydrogen) atoms. The van der Waals surface area contributed by atoms with E-state index in [-0.39, 0.29) is 5.92 Å². The number of halogens is 1. The van der Waals surface area contributed by atoms with Crippen LogP contribution in [-0.2, 0) is 0 Å². The Morgan fingerprint density at radius 2 is 1.45 bits per heavy atom. The smallest absolute Gasteiger partial charge is 0.119 e. The van der Waals surface area contributed by atoms with Crippen LogP contribution in [0.1, 0.15) is 49.6 Å². The van der Waals surface area contributed by atoms with E-state index < -0.39 is 0 Å². The first kappa shape index (κ1) is 21.9. The van der Waals surface area contributed by atoms with Crippen molar-refractivity contribution in [3.8, 4) is 5.75 Å². The third-order valence-corrected chi connectivity index (χ3v) is 6.38. The van der Waals surface area contributed by atoms with Crippen molar-refractivity contribution in [2.75, 3.05) is 13.2 Å². The molecular weight excluding hydrogens is 398 g/mol. The molecule has 0 aliphatic heterocycles. The SMILES string of the molecule is CC(C)N(CCOc1ccc(C(c2ccc(Cl)cc2)c2cccs2)cc1)C(C)C. The lowest BCUT2D eigenvalue weighted by Crippen LogP contribution is -2.39. The summed E-state index contributed by atoms with van der Waals surface area (Å²) in [4.78, 5) is 3.77. The second-order valence-electron chi connectivity index (χ2n) is 7.84. The van der Waals surface area contributed by atoms with E-state index in [4.69, 9.17) is 16.3 Å². The van der Waals surface area contributed by atoms with Gasteiger partial charge in [0.05, 0.1) is 0 Å². The topological polar surface area (TPSA) is 12.5 Å². The van der Waals surface area contributed by atoms with Gasteiger partial charge < -0.3 is 4.74 Å². The Morgan fingerprint density at radius 1 is 0.862 bits per heavy atom. The van der Waals surface area contributed by atoms with Crippen molar-refractivity contribution in [2.45, 2.75) is 45.7 Å². The third-order valence-electron chi connectivity index (χ3n) is 5.19. The Balaban J connectivity index is 1.72. The predicted molar refractivity (Wildman–Crippen MR) is 126 cm³/mol. The minimum absolute atomic E-state index is 0.207. The molecule has 0 saturated heterocycles. The summed E-state index contributed by atoms with van der Waals surface area (Å²) in [6.45, 7) is 10.6. The van der Waals surface area contributed by atoms with E-state index >= 15 is 0 Å². The van der Waals surface area contributed by atoms with Gasteiger partial charge in [0.1, 0.15) is 12.4 Å². The molecule has 0 aliphatic rings. The molecular formula is C25H30ClNOS. The molecule has 0 saturated carbocycles. The standard InChI is InChI=1S/C25H30ClNOS/c1-18(2)27(19(3)4)15-16-28-23-13-9-21(10-14-23)25(24-6-5-17-29-24)20-7-11-22(26)12-8-20/h5-14,17-19,25H,15-16H2,1-4H3. The van der Waals surface area contributed by atoms with Crippen molar-refractivity contribution < 1.29 is 4.74 Å². The first-order valence-corrected chi connectivity index (χ1v) is 11.5. The van der Waals surface area contributed by atoms with E-state index in [0.717, 1.165) is 17.3 Å². The fourth-order valence-electron chi connectivity index (χ4n) is 3.77. The molecule has 0 bridgehead atoms. The van der Waals surface area contributed by atoms with Gasteiger partial charge in [-0.3, -0.25) is 4.90 Å². The third kappa shape index (κ3) is 5.85. The number of thiophene rings is 1. The van der Waals surface area contributed by atoms with Crippen LogP contribution in [0.3, 0.4) is 0 Å². The van der Waals surface area contributed by atoms with Crippen LogP contribution in [0.25, 0.3) is 0 Å². The summed E-state index contributed by atoms with van der Waals surface area (Å²) in [6.07, 6.45) is 0. The molecule has 4 heteroatoms. The van der Waals surface area contributed by atoms with Crippen molar-refractivity contribution >= 4 is 22.9 Å². The first-order chi connectivity index (χ1) is 14.0. The number of ether oxygens (including phenoxy) is 1. The van der Waals surface area contributed by atoms with E-state index in [1.165, 1.54) is 16.0 Å². The van der Waals surface area contributed by atoms with Gasteiger partial charge in [0.15, 0.2) is 0 Å². The number of hydrogen-bond donors (Lipinski definition) is 0. The van der Waals surface area contributed by atoms with Crippen LogP contribution in [0.15, 0.2) is 66.0 Å². The molecule has 2 nitrogen and oxygen atoms in total. The molecule has 0 fully saturated rings. The lowest BCUT2D eigenvalue weighted by Gasteiger charge is -2.30. The largest absolute Gasteiger partial charge is 0.492 e. The quantitative estimate of drug-likeness (QED) is 0.361. The van der Waals surface area contributed by atoms with Gasteiger partial charge in [0, 0.05) is 34.4 Å². The lowest BCUT2D eigenvalue weighted by atomic mass is 9.90. The van der Waals surface area contributed by atoms with Crippen LogP contribution in [0.5, 0.6) is 5.75 Å². The van der Waals surface area contributed by atoms with Crippen LogP contribution in [0.2, 0.25) is 5.02 Å². The van der Waals surface area contributed by atoms with Gasteiger partial charge in [-0.25, -0.2) is 0 Å². The van der Waals surface area contributed by atoms with Gasteiger partial charge >= 0.3 is 0 Å². The maximum atomic E-state index is 6.10. The zero-order valence-electron chi connectivity index (χ0n) is 17.6. The molecule has 0 spiro atoms. The van der Waals surface area contributed by atoms with Crippen LogP contribution < -0.4 is 4.74 Å². The molecule has 0 N–H and O–H groups in total. The predicted octanol–water partition coefficient (Wildman–Crippen LogP) is 7.08. The van der Waals surface area contributed by atoms with E-state index in [0.29, 0.717) is 18.7 Å². The van der Waals surface area contributed by atoms with Gasteiger partial charge in [-0.05, 0) is 74.5 Å². The second kappa shape index (κ2) is 10.3. The molecule has 1 atom stereocenters. The summed E-state index contributed by atoms with van der Waals surface area (Å²) in [5.74, 6) is 1.13. The van der Waals surface area contributed by atoms with Crippen molar-refractivity contribution in [1.29, 1.82) is 0 Å². The summed E-state index contributed by atoms with van der Waals surface area (Å²) in [5.41, 5.74) is 2.50. The van der Waals surface area contributed by atoms with Gasteiger partial charge in [-0.15, -0.1) is 11.3 Å². The summed E-state index contributed by atoms with van der Waals surface area (Å²) in [7, 11) is 0. The molecule has 3 rings (SSSR count). The monoisotopic (exact) mass is 427 g/mol. The second-order valence-corrected chi connectivity index (χ2v) is 9.26. The lowest BCUT2D eigenvalue weighted by molar-refractivity contribution is 0.142. The van der Waals surface area contributed by atoms with Gasteiger partial charge in [-0.1, -0.05) is 41.9 Å². The Hall–Kier alpha value is -1.81. The summed E-state index contributed by atoms with van der Waals surface area (Å²) in [5, 5.41) is 2.89. The Morgan fingerprint density at radius 3 is 1.97 bits per heavy atom. The highest BCUT2D eigenvalue weighted by atomic mass is 35.5. The molecule has 154 valence electrons. The van der Waals surface area contributed by atoms with E-state index in [9.17, 15) is 0 Å². The molecule has 3 aromatic rings. The molecule has 0 amide bonds. The fraction of sp³-hybridized carbons (Fsp3) is 0.360. The van der Waals surface area contributed by atoms with Crippen molar-refractivity contribution in [2.24, 2.45) is 0 Å². The van der Waals surface area contributed by atoms with E-state index in [1.54, 1.807) is 11.3 Å². The summed E-state index contributed by atoms with van der Waals surface area (Å²) in [6, 6.07) is 22.0. The Labute approximate surface area is 184 Å². The fourth-order valence-corrected chi connectivity index (χ4v) is 4.78. The van der Waals surface area contributed by atoms with Crippen LogP contribution >= 0.6 is 22.9 Å². The number of rotatable bonds is 9. The zero-order valence-corrected chi connectivity index (χ0v) is 19.2. The molecule has 1 aromatic heterocycles. The first-order valence-electron chi connectivity index (χ1n) is 10.2. The van der Waals surface area contributed by atoms with Crippen LogP contribution in [0, 0.1) is 0 Å². The van der Waals surface area contributed by atoms with E-state index in [2.05, 4.69) is 86.5 Å². The van der Waals surface area contributed by atoms with Gasteiger partial charge in [0.25, 0.3) is 0 Å². The minimum Gasteiger partial charge on any atom is -0.492 e. The maximum absolute atomic E-state index is 6.10. The van der Waals surface area contributed by atoms with Crippen molar-refractivity contribution in [3.63, 3.8) is 0 Å².